The van der Waals surface area contributed by atoms with Crippen molar-refractivity contribution in [1.82, 2.24) is 0 Å². The predicted molar refractivity (Wildman–Crippen MR) is 63.9 cm³/mol. The molecule has 0 bridgehead atoms. The molecule has 0 saturated carbocycles. The standard InChI is InChI=1S/C12H19NO3/c1-9(12(15-3)16-4)13-10-5-7-11(14-2)8-6-10/h5-9,12-13H,1-4H3. The van der Waals surface area contributed by atoms with Gasteiger partial charge in [-0.3, -0.25) is 0 Å². The lowest BCUT2D eigenvalue weighted by molar-refractivity contribution is -0.109. The molecule has 0 heterocycles. The highest BCUT2D eigenvalue weighted by atomic mass is 16.7. The second-order valence-corrected chi connectivity index (χ2v) is 3.50. The highest BCUT2D eigenvalue weighted by Crippen LogP contribution is 2.16. The second kappa shape index (κ2) is 6.35. The summed E-state index contributed by atoms with van der Waals surface area (Å²) in [5.74, 6) is 0.841. The third-order valence-electron chi connectivity index (χ3n) is 2.36. The molecule has 4 nitrogen and oxygen atoms in total. The van der Waals surface area contributed by atoms with Gasteiger partial charge in [-0.15, -0.1) is 0 Å². The lowest BCUT2D eigenvalue weighted by Crippen LogP contribution is -2.33. The van der Waals surface area contributed by atoms with E-state index in [-0.39, 0.29) is 12.3 Å². The molecule has 0 aliphatic carbocycles. The molecule has 1 unspecified atom stereocenters. The molecule has 1 aromatic rings. The maximum absolute atomic E-state index is 5.17. The summed E-state index contributed by atoms with van der Waals surface area (Å²) in [4.78, 5) is 0. The van der Waals surface area contributed by atoms with Crippen molar-refractivity contribution < 1.29 is 14.2 Å². The maximum atomic E-state index is 5.17. The summed E-state index contributed by atoms with van der Waals surface area (Å²) >= 11 is 0. The average molecular weight is 225 g/mol. The van der Waals surface area contributed by atoms with Crippen molar-refractivity contribution in [3.63, 3.8) is 0 Å². The third-order valence-corrected chi connectivity index (χ3v) is 2.36. The molecule has 0 saturated heterocycles. The molecule has 0 fully saturated rings. The molecule has 1 rings (SSSR count). The van der Waals surface area contributed by atoms with Gasteiger partial charge >= 0.3 is 0 Å². The molecule has 0 aliphatic heterocycles. The van der Waals surface area contributed by atoms with Crippen LogP contribution in [0.25, 0.3) is 0 Å². The Morgan fingerprint density at radius 1 is 1.00 bits per heavy atom. The van der Waals surface area contributed by atoms with E-state index in [4.69, 9.17) is 14.2 Å². The number of benzene rings is 1. The number of anilines is 1. The first-order chi connectivity index (χ1) is 7.71. The summed E-state index contributed by atoms with van der Waals surface area (Å²) in [6.07, 6.45) is -0.262. The summed E-state index contributed by atoms with van der Waals surface area (Å²) in [6.45, 7) is 2.00. The maximum Gasteiger partial charge on any atom is 0.176 e. The number of hydrogen-bond acceptors (Lipinski definition) is 4. The van der Waals surface area contributed by atoms with Gasteiger partial charge in [0.2, 0.25) is 0 Å². The van der Waals surface area contributed by atoms with Crippen molar-refractivity contribution in [2.75, 3.05) is 26.6 Å². The fourth-order valence-electron chi connectivity index (χ4n) is 1.52. The Balaban J connectivity index is 2.58. The Kier molecular flexibility index (Phi) is 5.08. The van der Waals surface area contributed by atoms with Gasteiger partial charge in [-0.2, -0.15) is 0 Å². The van der Waals surface area contributed by atoms with Crippen LogP contribution in [0.2, 0.25) is 0 Å². The molecule has 90 valence electrons. The lowest BCUT2D eigenvalue weighted by Gasteiger charge is -2.23. The van der Waals surface area contributed by atoms with Gasteiger partial charge in [0, 0.05) is 19.9 Å². The highest BCUT2D eigenvalue weighted by molar-refractivity contribution is 5.47. The van der Waals surface area contributed by atoms with Crippen LogP contribution >= 0.6 is 0 Å². The van der Waals surface area contributed by atoms with Gasteiger partial charge < -0.3 is 19.5 Å². The van der Waals surface area contributed by atoms with Crippen LogP contribution in [0.3, 0.4) is 0 Å². The zero-order valence-electron chi connectivity index (χ0n) is 10.2. The largest absolute Gasteiger partial charge is 0.497 e. The van der Waals surface area contributed by atoms with Crippen molar-refractivity contribution in [2.24, 2.45) is 0 Å². The van der Waals surface area contributed by atoms with Crippen molar-refractivity contribution >= 4 is 5.69 Å². The minimum absolute atomic E-state index is 0.0726. The van der Waals surface area contributed by atoms with Crippen LogP contribution in [0.4, 0.5) is 5.69 Å². The summed E-state index contributed by atoms with van der Waals surface area (Å²) in [5.41, 5.74) is 1.01. The Morgan fingerprint density at radius 2 is 1.56 bits per heavy atom. The summed E-state index contributed by atoms with van der Waals surface area (Å²) < 4.78 is 15.4. The highest BCUT2D eigenvalue weighted by Gasteiger charge is 2.14. The number of methoxy groups -OCH3 is 3. The number of rotatable bonds is 6. The van der Waals surface area contributed by atoms with E-state index in [1.165, 1.54) is 0 Å². The Bertz CT molecular complexity index is 296. The fraction of sp³-hybridized carbons (Fsp3) is 0.500. The van der Waals surface area contributed by atoms with E-state index in [0.717, 1.165) is 11.4 Å². The van der Waals surface area contributed by atoms with Crippen LogP contribution < -0.4 is 10.1 Å². The molecular weight excluding hydrogens is 206 g/mol. The number of ether oxygens (including phenoxy) is 3. The topological polar surface area (TPSA) is 39.7 Å². The van der Waals surface area contributed by atoms with E-state index < -0.39 is 0 Å². The SMILES string of the molecule is COc1ccc(NC(C)C(OC)OC)cc1. The Hall–Kier alpha value is -1.26. The zero-order chi connectivity index (χ0) is 12.0. The van der Waals surface area contributed by atoms with Gasteiger partial charge in [-0.05, 0) is 31.2 Å². The van der Waals surface area contributed by atoms with E-state index >= 15 is 0 Å². The fourth-order valence-corrected chi connectivity index (χ4v) is 1.52. The molecule has 1 aromatic carbocycles. The van der Waals surface area contributed by atoms with E-state index in [2.05, 4.69) is 5.32 Å². The van der Waals surface area contributed by atoms with Crippen molar-refractivity contribution in [3.8, 4) is 5.75 Å². The molecule has 0 amide bonds. The van der Waals surface area contributed by atoms with Crippen molar-refractivity contribution in [1.29, 1.82) is 0 Å². The van der Waals surface area contributed by atoms with Crippen LogP contribution in [0.5, 0.6) is 5.75 Å². The first-order valence-electron chi connectivity index (χ1n) is 5.17. The molecule has 0 aliphatic rings. The van der Waals surface area contributed by atoms with Crippen LogP contribution in [0.1, 0.15) is 6.92 Å². The van der Waals surface area contributed by atoms with Crippen molar-refractivity contribution in [3.05, 3.63) is 24.3 Å². The summed E-state index contributed by atoms with van der Waals surface area (Å²) in [6, 6.07) is 7.80. The minimum Gasteiger partial charge on any atom is -0.497 e. The minimum atomic E-state index is -0.262. The Labute approximate surface area is 96.5 Å². The molecule has 0 aromatic heterocycles. The summed E-state index contributed by atoms with van der Waals surface area (Å²) in [5, 5.41) is 3.29. The molecule has 1 atom stereocenters. The molecule has 0 spiro atoms. The molecular formula is C12H19NO3. The lowest BCUT2D eigenvalue weighted by atomic mass is 10.2. The van der Waals surface area contributed by atoms with E-state index in [1.807, 2.05) is 31.2 Å². The van der Waals surface area contributed by atoms with E-state index in [1.54, 1.807) is 21.3 Å². The zero-order valence-corrected chi connectivity index (χ0v) is 10.2. The quantitative estimate of drug-likeness (QED) is 0.753. The van der Waals surface area contributed by atoms with Crippen LogP contribution in [0, 0.1) is 0 Å². The van der Waals surface area contributed by atoms with Gasteiger partial charge in [0.15, 0.2) is 6.29 Å². The summed E-state index contributed by atoms with van der Waals surface area (Å²) in [7, 11) is 4.90. The molecule has 1 N–H and O–H groups in total. The number of hydrogen-bond donors (Lipinski definition) is 1. The Morgan fingerprint density at radius 3 is 2.00 bits per heavy atom. The second-order valence-electron chi connectivity index (χ2n) is 3.50. The smallest absolute Gasteiger partial charge is 0.176 e. The molecule has 0 radical (unpaired) electrons. The average Bonchev–Trinajstić information content (AvgIpc) is 2.31. The number of nitrogens with one attached hydrogen (secondary N) is 1. The van der Waals surface area contributed by atoms with Gasteiger partial charge in [0.25, 0.3) is 0 Å². The first kappa shape index (κ1) is 12.8. The van der Waals surface area contributed by atoms with E-state index in [0.29, 0.717) is 0 Å². The molecule has 16 heavy (non-hydrogen) atoms. The van der Waals surface area contributed by atoms with Gasteiger partial charge in [0.05, 0.1) is 13.2 Å². The van der Waals surface area contributed by atoms with Crippen LogP contribution in [-0.4, -0.2) is 33.7 Å². The molecule has 4 heteroatoms. The van der Waals surface area contributed by atoms with Gasteiger partial charge in [-0.1, -0.05) is 0 Å². The first-order valence-corrected chi connectivity index (χ1v) is 5.17. The van der Waals surface area contributed by atoms with Gasteiger partial charge in [-0.25, -0.2) is 0 Å². The monoisotopic (exact) mass is 225 g/mol. The normalized spacial score (nSPS) is 12.6. The predicted octanol–water partition coefficient (Wildman–Crippen LogP) is 2.11. The van der Waals surface area contributed by atoms with Gasteiger partial charge in [0.1, 0.15) is 5.75 Å². The third kappa shape index (κ3) is 3.40. The van der Waals surface area contributed by atoms with Crippen molar-refractivity contribution in [2.45, 2.75) is 19.3 Å². The van der Waals surface area contributed by atoms with E-state index in [9.17, 15) is 0 Å². The van der Waals surface area contributed by atoms with Crippen LogP contribution in [-0.2, 0) is 9.47 Å². The van der Waals surface area contributed by atoms with Crippen LogP contribution in [0.15, 0.2) is 24.3 Å².